The molecule has 0 spiro atoms. The van der Waals surface area contributed by atoms with E-state index in [2.05, 4.69) is 25.5 Å². The van der Waals surface area contributed by atoms with Gasteiger partial charge in [-0.25, -0.2) is 4.98 Å². The second-order valence-electron chi connectivity index (χ2n) is 3.56. The molecule has 0 bridgehead atoms. The number of rotatable bonds is 3. The van der Waals surface area contributed by atoms with Gasteiger partial charge in [0.1, 0.15) is 5.82 Å². The highest BCUT2D eigenvalue weighted by molar-refractivity contribution is 5.81. The van der Waals surface area contributed by atoms with Crippen molar-refractivity contribution < 1.29 is 0 Å². The highest BCUT2D eigenvalue weighted by Crippen LogP contribution is 2.16. The van der Waals surface area contributed by atoms with E-state index in [9.17, 15) is 0 Å². The summed E-state index contributed by atoms with van der Waals surface area (Å²) in [5, 5.41) is 11.3. The summed E-state index contributed by atoms with van der Waals surface area (Å²) in [6.07, 6.45) is 5.37. The van der Waals surface area contributed by atoms with E-state index >= 15 is 0 Å². The first-order chi connectivity index (χ1) is 7.92. The number of hydrogen-bond acceptors (Lipinski definition) is 3. The Kier molecular flexibility index (Phi) is 2.07. The molecule has 80 valence electrons. The Labute approximate surface area is 91.9 Å². The third-order valence-electron chi connectivity index (χ3n) is 2.46. The Morgan fingerprint density at radius 3 is 3.19 bits per heavy atom. The van der Waals surface area contributed by atoms with Crippen LogP contribution in [0.25, 0.3) is 10.9 Å². The molecule has 5 nitrogen and oxygen atoms in total. The summed E-state index contributed by atoms with van der Waals surface area (Å²) in [6.45, 7) is 0.687. The first-order valence-corrected chi connectivity index (χ1v) is 5.07. The van der Waals surface area contributed by atoms with Crippen molar-refractivity contribution in [2.45, 2.75) is 6.54 Å². The third-order valence-corrected chi connectivity index (χ3v) is 2.46. The highest BCUT2D eigenvalue weighted by atomic mass is 15.1. The van der Waals surface area contributed by atoms with Crippen LogP contribution in [0.3, 0.4) is 0 Å². The van der Waals surface area contributed by atoms with Crippen molar-refractivity contribution in [1.29, 1.82) is 0 Å². The van der Waals surface area contributed by atoms with Gasteiger partial charge in [0.05, 0.1) is 18.3 Å². The summed E-state index contributed by atoms with van der Waals surface area (Å²) in [5.74, 6) is 0.921. The summed E-state index contributed by atoms with van der Waals surface area (Å²) in [6, 6.07) is 6.09. The van der Waals surface area contributed by atoms with E-state index in [4.69, 9.17) is 0 Å². The molecule has 16 heavy (non-hydrogen) atoms. The predicted molar refractivity (Wildman–Crippen MR) is 62.0 cm³/mol. The normalized spacial score (nSPS) is 10.8. The van der Waals surface area contributed by atoms with Crippen LogP contribution >= 0.6 is 0 Å². The van der Waals surface area contributed by atoms with Gasteiger partial charge >= 0.3 is 0 Å². The Balaban J connectivity index is 1.78. The van der Waals surface area contributed by atoms with Crippen LogP contribution in [-0.2, 0) is 6.54 Å². The van der Waals surface area contributed by atoms with Gasteiger partial charge in [0.15, 0.2) is 0 Å². The number of hydrogen-bond donors (Lipinski definition) is 3. The number of H-pyrrole nitrogens is 2. The molecule has 3 aromatic rings. The molecule has 3 rings (SSSR count). The molecule has 0 aliphatic rings. The average Bonchev–Trinajstić information content (AvgIpc) is 2.97. The standard InChI is InChI=1S/C11H11N5/c1-2-9(5-10-8(1)6-15-16-10)14-7-11-12-3-4-13-11/h1-6,14H,7H2,(H,12,13)(H,15,16). The molecule has 2 heterocycles. The van der Waals surface area contributed by atoms with Gasteiger partial charge in [-0.3, -0.25) is 5.10 Å². The number of aromatic nitrogens is 4. The number of fused-ring (bicyclic) bond motifs is 1. The number of nitrogens with one attached hydrogen (secondary N) is 3. The smallest absolute Gasteiger partial charge is 0.125 e. The Bertz CT molecular complexity index is 581. The zero-order valence-corrected chi connectivity index (χ0v) is 8.57. The lowest BCUT2D eigenvalue weighted by Crippen LogP contribution is -2.00. The minimum absolute atomic E-state index is 0.687. The van der Waals surface area contributed by atoms with Gasteiger partial charge < -0.3 is 10.3 Å². The van der Waals surface area contributed by atoms with Gasteiger partial charge in [-0.15, -0.1) is 0 Å². The Morgan fingerprint density at radius 1 is 1.31 bits per heavy atom. The van der Waals surface area contributed by atoms with Crippen LogP contribution in [0.4, 0.5) is 5.69 Å². The molecule has 3 N–H and O–H groups in total. The molecule has 0 atom stereocenters. The van der Waals surface area contributed by atoms with Crippen LogP contribution in [0.2, 0.25) is 0 Å². The second kappa shape index (κ2) is 3.69. The summed E-state index contributed by atoms with van der Waals surface area (Å²) in [4.78, 5) is 7.19. The molecule has 2 aromatic heterocycles. The van der Waals surface area contributed by atoms with Gasteiger partial charge in [-0.1, -0.05) is 0 Å². The van der Waals surface area contributed by atoms with Crippen LogP contribution in [0.1, 0.15) is 5.82 Å². The van der Waals surface area contributed by atoms with E-state index in [1.807, 2.05) is 30.6 Å². The molecule has 0 saturated heterocycles. The number of imidazole rings is 1. The Hall–Kier alpha value is -2.30. The van der Waals surface area contributed by atoms with Crippen LogP contribution in [0, 0.1) is 0 Å². The monoisotopic (exact) mass is 213 g/mol. The van der Waals surface area contributed by atoms with Gasteiger partial charge in [0.2, 0.25) is 0 Å². The van der Waals surface area contributed by atoms with E-state index in [1.165, 1.54) is 0 Å². The fourth-order valence-corrected chi connectivity index (χ4v) is 1.63. The van der Waals surface area contributed by atoms with E-state index < -0.39 is 0 Å². The molecule has 0 amide bonds. The van der Waals surface area contributed by atoms with Crippen molar-refractivity contribution in [3.63, 3.8) is 0 Å². The molecule has 0 aliphatic heterocycles. The quantitative estimate of drug-likeness (QED) is 0.622. The molecular weight excluding hydrogens is 202 g/mol. The number of nitrogens with zero attached hydrogens (tertiary/aromatic N) is 2. The molecule has 0 radical (unpaired) electrons. The van der Waals surface area contributed by atoms with E-state index in [0.717, 1.165) is 22.4 Å². The van der Waals surface area contributed by atoms with Crippen LogP contribution in [0.15, 0.2) is 36.8 Å². The van der Waals surface area contributed by atoms with Crippen LogP contribution < -0.4 is 5.32 Å². The minimum Gasteiger partial charge on any atom is -0.378 e. The van der Waals surface area contributed by atoms with Gasteiger partial charge in [-0.05, 0) is 18.2 Å². The summed E-state index contributed by atoms with van der Waals surface area (Å²) < 4.78 is 0. The van der Waals surface area contributed by atoms with Gasteiger partial charge in [0.25, 0.3) is 0 Å². The molecule has 1 aromatic carbocycles. The lowest BCUT2D eigenvalue weighted by atomic mass is 10.2. The van der Waals surface area contributed by atoms with Crippen molar-refractivity contribution in [3.05, 3.63) is 42.6 Å². The highest BCUT2D eigenvalue weighted by Gasteiger charge is 1.98. The maximum Gasteiger partial charge on any atom is 0.125 e. The van der Waals surface area contributed by atoms with E-state index in [-0.39, 0.29) is 0 Å². The van der Waals surface area contributed by atoms with E-state index in [1.54, 1.807) is 6.20 Å². The first-order valence-electron chi connectivity index (χ1n) is 5.07. The van der Waals surface area contributed by atoms with Gasteiger partial charge in [-0.2, -0.15) is 5.10 Å². The fourth-order valence-electron chi connectivity index (χ4n) is 1.63. The summed E-state index contributed by atoms with van der Waals surface area (Å²) in [5.41, 5.74) is 2.08. The summed E-state index contributed by atoms with van der Waals surface area (Å²) >= 11 is 0. The molecule has 0 saturated carbocycles. The number of anilines is 1. The van der Waals surface area contributed by atoms with Crippen molar-refractivity contribution in [1.82, 2.24) is 20.2 Å². The van der Waals surface area contributed by atoms with Crippen molar-refractivity contribution >= 4 is 16.6 Å². The van der Waals surface area contributed by atoms with Crippen molar-refractivity contribution in [2.24, 2.45) is 0 Å². The maximum atomic E-state index is 4.15. The number of benzene rings is 1. The molecule has 5 heteroatoms. The van der Waals surface area contributed by atoms with E-state index in [0.29, 0.717) is 6.54 Å². The molecular formula is C11H11N5. The van der Waals surface area contributed by atoms with Crippen molar-refractivity contribution in [2.75, 3.05) is 5.32 Å². The lowest BCUT2D eigenvalue weighted by Gasteiger charge is -2.03. The number of aromatic amines is 2. The SMILES string of the molecule is c1c[nH]c(CNc2ccc3cn[nH]c3c2)n1. The first kappa shape index (κ1) is 8.96. The van der Waals surface area contributed by atoms with Crippen LogP contribution in [0.5, 0.6) is 0 Å². The average molecular weight is 213 g/mol. The molecule has 0 fully saturated rings. The Morgan fingerprint density at radius 2 is 2.31 bits per heavy atom. The van der Waals surface area contributed by atoms with Gasteiger partial charge in [0, 0.05) is 23.5 Å². The zero-order valence-electron chi connectivity index (χ0n) is 8.57. The second-order valence-corrected chi connectivity index (χ2v) is 3.56. The zero-order chi connectivity index (χ0) is 10.8. The maximum absolute atomic E-state index is 4.15. The predicted octanol–water partition coefficient (Wildman–Crippen LogP) is 1.90. The fraction of sp³-hybridized carbons (Fsp3) is 0.0909. The topological polar surface area (TPSA) is 69.4 Å². The molecule has 0 aliphatic carbocycles. The summed E-state index contributed by atoms with van der Waals surface area (Å²) in [7, 11) is 0. The van der Waals surface area contributed by atoms with Crippen molar-refractivity contribution in [3.8, 4) is 0 Å². The van der Waals surface area contributed by atoms with Crippen LogP contribution in [-0.4, -0.2) is 20.2 Å². The molecule has 0 unspecified atom stereocenters. The minimum atomic E-state index is 0.687. The lowest BCUT2D eigenvalue weighted by molar-refractivity contribution is 1.00. The third kappa shape index (κ3) is 1.63. The largest absolute Gasteiger partial charge is 0.378 e.